The van der Waals surface area contributed by atoms with Gasteiger partial charge in [0, 0.05) is 25.0 Å². The molecule has 2 N–H and O–H groups in total. The van der Waals surface area contributed by atoms with Crippen LogP contribution in [0, 0.1) is 5.92 Å². The van der Waals surface area contributed by atoms with Crippen LogP contribution in [0.1, 0.15) is 71.4 Å². The van der Waals surface area contributed by atoms with Crippen LogP contribution in [0.5, 0.6) is 5.75 Å². The predicted molar refractivity (Wildman–Crippen MR) is 180 cm³/mol. The maximum atomic E-state index is 14.3. The summed E-state index contributed by atoms with van der Waals surface area (Å²) in [5.74, 6) is 0.224. The molecule has 0 radical (unpaired) electrons. The van der Waals surface area contributed by atoms with Crippen molar-refractivity contribution in [1.29, 1.82) is 0 Å². The molecule has 3 heterocycles. The second kappa shape index (κ2) is 13.0. The van der Waals surface area contributed by atoms with Gasteiger partial charge in [0.1, 0.15) is 22.9 Å². The van der Waals surface area contributed by atoms with E-state index in [0.717, 1.165) is 23.3 Å². The molecule has 0 unspecified atom stereocenters. The highest BCUT2D eigenvalue weighted by molar-refractivity contribution is 7.92. The van der Waals surface area contributed by atoms with E-state index in [9.17, 15) is 22.8 Å². The van der Waals surface area contributed by atoms with Crippen LogP contribution in [0.15, 0.2) is 48.5 Å². The van der Waals surface area contributed by atoms with Crippen molar-refractivity contribution >= 4 is 33.6 Å². The Labute approximate surface area is 278 Å². The Balaban J connectivity index is 1.34. The largest absolute Gasteiger partial charge is 0.493 e. The number of alkyl carbamates (subject to hydrolysis) is 1. The van der Waals surface area contributed by atoms with E-state index in [1.165, 1.54) is 10.6 Å². The van der Waals surface area contributed by atoms with E-state index in [4.69, 9.17) is 9.47 Å². The third kappa shape index (κ3) is 7.85. The normalized spacial score (nSPS) is 19.9. The summed E-state index contributed by atoms with van der Waals surface area (Å²) in [7, 11) is -3.47. The first-order chi connectivity index (χ1) is 22.0. The number of nitrogens with one attached hydrogen (secondary N) is 2. The van der Waals surface area contributed by atoms with Gasteiger partial charge in [-0.05, 0) is 95.9 Å². The average molecular weight is 669 g/mol. The first-order valence-electron chi connectivity index (χ1n) is 16.4. The molecule has 0 aromatic heterocycles. The van der Waals surface area contributed by atoms with Gasteiger partial charge in [-0.2, -0.15) is 0 Å². The quantitative estimate of drug-likeness (QED) is 0.453. The number of amides is 3. The lowest BCUT2D eigenvalue weighted by molar-refractivity contribution is -0.139. The summed E-state index contributed by atoms with van der Waals surface area (Å²) in [6, 6.07) is 14.7. The highest BCUT2D eigenvalue weighted by Crippen LogP contribution is 2.48. The number of carbonyl (C=O) groups excluding carboxylic acids is 3. The van der Waals surface area contributed by atoms with Crippen LogP contribution in [0.4, 0.5) is 10.5 Å². The number of likely N-dealkylation sites (tertiary alicyclic amines) is 1. The number of piperidine rings is 1. The molecule has 1 fully saturated rings. The molecular weight excluding hydrogens is 620 g/mol. The second-order valence-corrected chi connectivity index (χ2v) is 16.6. The minimum absolute atomic E-state index is 0.0657. The van der Waals surface area contributed by atoms with Crippen molar-refractivity contribution in [2.75, 3.05) is 36.8 Å². The number of anilines is 1. The highest BCUT2D eigenvalue weighted by atomic mass is 32.2. The molecule has 12 heteroatoms. The fraction of sp³-hybridized carbons (Fsp3) is 0.571. The van der Waals surface area contributed by atoms with Crippen LogP contribution in [0.25, 0.3) is 0 Å². The summed E-state index contributed by atoms with van der Waals surface area (Å²) in [5, 5.41) is 5.64. The van der Waals surface area contributed by atoms with Gasteiger partial charge in [-0.15, -0.1) is 0 Å². The van der Waals surface area contributed by atoms with Gasteiger partial charge in [0.05, 0.1) is 18.6 Å². The molecule has 3 aliphatic heterocycles. The fourth-order valence-electron chi connectivity index (χ4n) is 6.96. The smallest absolute Gasteiger partial charge is 0.408 e. The zero-order valence-corrected chi connectivity index (χ0v) is 29.1. The van der Waals surface area contributed by atoms with Crippen molar-refractivity contribution in [1.82, 2.24) is 15.5 Å². The van der Waals surface area contributed by atoms with E-state index in [0.29, 0.717) is 57.6 Å². The minimum atomic E-state index is -3.47. The lowest BCUT2D eigenvalue weighted by atomic mass is 9.74. The first kappa shape index (κ1) is 34.5. The lowest BCUT2D eigenvalue weighted by Crippen LogP contribution is -2.60. The van der Waals surface area contributed by atoms with Crippen LogP contribution in [-0.2, 0) is 36.2 Å². The number of benzene rings is 2. The van der Waals surface area contributed by atoms with E-state index in [1.54, 1.807) is 39.5 Å². The SMILES string of the molecule is CC(C)(C)OC(=O)NC(C)(C)C(=O)N[C@@H](C[C@H]1CCOc2ccccc2C1)C(=O)N1CCC2(CC1)CN(S(C)(=O)=O)c1ccccc12. The molecule has 0 bridgehead atoms. The standard InChI is InChI=1S/C35H48N4O7S/c1-33(2,3)46-32(42)37-34(4,5)31(41)36-27(22-24-15-20-45-29-14-10-7-11-25(29)21-24)30(40)38-18-16-35(17-19-38)23-39(47(6,43)44)28-13-9-8-12-26(28)35/h7-14,24,27H,15-23H2,1-6H3,(H,36,41)(H,37,42)/t24-,27-/m0/s1. The molecule has 5 rings (SSSR count). The Bertz CT molecular complexity index is 1610. The molecule has 0 saturated carbocycles. The Morgan fingerprint density at radius 3 is 2.36 bits per heavy atom. The molecule has 3 aliphatic rings. The van der Waals surface area contributed by atoms with Gasteiger partial charge in [-0.1, -0.05) is 36.4 Å². The monoisotopic (exact) mass is 668 g/mol. The molecule has 1 saturated heterocycles. The number of para-hydroxylation sites is 2. The van der Waals surface area contributed by atoms with Crippen molar-refractivity contribution in [2.24, 2.45) is 5.92 Å². The molecule has 256 valence electrons. The van der Waals surface area contributed by atoms with Gasteiger partial charge in [0.2, 0.25) is 21.8 Å². The maximum Gasteiger partial charge on any atom is 0.408 e. The summed E-state index contributed by atoms with van der Waals surface area (Å²) < 4.78 is 38.2. The maximum absolute atomic E-state index is 14.3. The Kier molecular flexibility index (Phi) is 9.56. The highest BCUT2D eigenvalue weighted by Gasteiger charge is 2.48. The number of ether oxygens (including phenoxy) is 2. The van der Waals surface area contributed by atoms with Crippen molar-refractivity contribution in [2.45, 2.75) is 89.3 Å². The average Bonchev–Trinajstić information content (AvgIpc) is 3.16. The number of nitrogens with zero attached hydrogens (tertiary/aromatic N) is 2. The van der Waals surface area contributed by atoms with Crippen molar-refractivity contribution in [3.8, 4) is 5.75 Å². The van der Waals surface area contributed by atoms with Crippen LogP contribution >= 0.6 is 0 Å². The third-order valence-corrected chi connectivity index (χ3v) is 10.6. The van der Waals surface area contributed by atoms with Gasteiger partial charge in [0.25, 0.3) is 0 Å². The van der Waals surface area contributed by atoms with E-state index in [1.807, 2.05) is 48.5 Å². The van der Waals surface area contributed by atoms with E-state index < -0.39 is 44.6 Å². The lowest BCUT2D eigenvalue weighted by Gasteiger charge is -2.41. The van der Waals surface area contributed by atoms with E-state index in [2.05, 4.69) is 10.6 Å². The second-order valence-electron chi connectivity index (χ2n) is 14.7. The number of sulfonamides is 1. The van der Waals surface area contributed by atoms with Crippen molar-refractivity contribution < 1.29 is 32.3 Å². The molecule has 0 aliphatic carbocycles. The predicted octanol–water partition coefficient (Wildman–Crippen LogP) is 4.15. The Hall–Kier alpha value is -3.80. The topological polar surface area (TPSA) is 134 Å². The summed E-state index contributed by atoms with van der Waals surface area (Å²) in [6.45, 7) is 10.1. The molecule has 3 amide bonds. The van der Waals surface area contributed by atoms with Crippen molar-refractivity contribution in [3.05, 3.63) is 59.7 Å². The van der Waals surface area contributed by atoms with Crippen LogP contribution in [0.2, 0.25) is 0 Å². The third-order valence-electron chi connectivity index (χ3n) is 9.44. The fourth-order valence-corrected chi connectivity index (χ4v) is 7.95. The molecule has 2 aromatic carbocycles. The van der Waals surface area contributed by atoms with Crippen molar-refractivity contribution in [3.63, 3.8) is 0 Å². The summed E-state index contributed by atoms with van der Waals surface area (Å²) in [6.07, 6.45) is 3.52. The molecule has 2 atom stereocenters. The van der Waals surface area contributed by atoms with Gasteiger partial charge in [0.15, 0.2) is 0 Å². The summed E-state index contributed by atoms with van der Waals surface area (Å²) >= 11 is 0. The molecule has 2 aromatic rings. The van der Waals surface area contributed by atoms with Gasteiger partial charge < -0.3 is 25.0 Å². The number of carbonyl (C=O) groups is 3. The first-order valence-corrected chi connectivity index (χ1v) is 18.2. The molecule has 47 heavy (non-hydrogen) atoms. The van der Waals surface area contributed by atoms with E-state index >= 15 is 0 Å². The van der Waals surface area contributed by atoms with E-state index in [-0.39, 0.29) is 11.8 Å². The Morgan fingerprint density at radius 2 is 1.68 bits per heavy atom. The molecular formula is C35H48N4O7S. The van der Waals surface area contributed by atoms with Gasteiger partial charge in [-0.25, -0.2) is 13.2 Å². The zero-order valence-electron chi connectivity index (χ0n) is 28.3. The number of hydrogen-bond donors (Lipinski definition) is 2. The number of hydrogen-bond acceptors (Lipinski definition) is 7. The minimum Gasteiger partial charge on any atom is -0.493 e. The van der Waals surface area contributed by atoms with Crippen LogP contribution < -0.4 is 19.7 Å². The molecule has 11 nitrogen and oxygen atoms in total. The molecule has 1 spiro atoms. The number of fused-ring (bicyclic) bond motifs is 3. The summed E-state index contributed by atoms with van der Waals surface area (Å²) in [4.78, 5) is 42.4. The zero-order chi connectivity index (χ0) is 34.2. The number of rotatable bonds is 7. The van der Waals surface area contributed by atoms with Gasteiger partial charge >= 0.3 is 6.09 Å². The van der Waals surface area contributed by atoms with Gasteiger partial charge in [-0.3, -0.25) is 13.9 Å². The van der Waals surface area contributed by atoms with Crippen LogP contribution in [-0.4, -0.2) is 80.9 Å². The van der Waals surface area contributed by atoms with Crippen LogP contribution in [0.3, 0.4) is 0 Å². The Morgan fingerprint density at radius 1 is 1.02 bits per heavy atom. The summed E-state index contributed by atoms with van der Waals surface area (Å²) in [5.41, 5.74) is 0.280.